The van der Waals surface area contributed by atoms with E-state index >= 15 is 0 Å². The van der Waals surface area contributed by atoms with Gasteiger partial charge in [0, 0.05) is 18.7 Å². The molecule has 1 aromatic rings. The van der Waals surface area contributed by atoms with Crippen LogP contribution < -0.4 is 5.32 Å². The zero-order valence-electron chi connectivity index (χ0n) is 11.6. The maximum Gasteiger partial charge on any atom is 0.243 e. The Balaban J connectivity index is 0.00000200. The van der Waals surface area contributed by atoms with Crippen LogP contribution in [0.4, 0.5) is 4.39 Å². The molecule has 1 heterocycles. The number of hydrogen-bond acceptors (Lipinski definition) is 3. The van der Waals surface area contributed by atoms with Gasteiger partial charge >= 0.3 is 0 Å². The lowest BCUT2D eigenvalue weighted by Gasteiger charge is -2.31. The Morgan fingerprint density at radius 2 is 1.90 bits per heavy atom. The van der Waals surface area contributed by atoms with Crippen molar-refractivity contribution in [2.45, 2.75) is 30.7 Å². The normalized spacial score (nSPS) is 17.0. The Morgan fingerprint density at radius 1 is 1.30 bits per heavy atom. The molecule has 4 nitrogen and oxygen atoms in total. The zero-order chi connectivity index (χ0) is 14.0. The first kappa shape index (κ1) is 17.4. The Hall–Kier alpha value is -0.690. The molecule has 0 bridgehead atoms. The standard InChI is InChI=1S/C13H19FN2O2S.ClH/c1-10-12(14)4-3-5-13(10)19(17,18)16(2)11-6-8-15-9-7-11;/h3-5,11,15H,6-9H2,1-2H3;1H. The minimum atomic E-state index is -3.63. The molecule has 0 spiro atoms. The quantitative estimate of drug-likeness (QED) is 0.925. The second kappa shape index (κ2) is 6.85. The summed E-state index contributed by atoms with van der Waals surface area (Å²) in [4.78, 5) is 0.0635. The first-order valence-electron chi connectivity index (χ1n) is 6.38. The molecule has 1 aliphatic rings. The largest absolute Gasteiger partial charge is 0.317 e. The van der Waals surface area contributed by atoms with E-state index in [0.29, 0.717) is 0 Å². The lowest BCUT2D eigenvalue weighted by atomic mass is 10.1. The van der Waals surface area contributed by atoms with Crippen LogP contribution in [0.3, 0.4) is 0 Å². The maximum absolute atomic E-state index is 13.5. The molecule has 1 aliphatic heterocycles. The molecule has 20 heavy (non-hydrogen) atoms. The molecule has 1 saturated heterocycles. The Labute approximate surface area is 125 Å². The highest BCUT2D eigenvalue weighted by Crippen LogP contribution is 2.24. The number of nitrogens with one attached hydrogen (secondary N) is 1. The number of hydrogen-bond donors (Lipinski definition) is 1. The maximum atomic E-state index is 13.5. The van der Waals surface area contributed by atoms with Crippen LogP contribution >= 0.6 is 12.4 Å². The molecule has 1 N–H and O–H groups in total. The first-order valence-corrected chi connectivity index (χ1v) is 7.82. The molecule has 7 heteroatoms. The van der Waals surface area contributed by atoms with Gasteiger partial charge in [0.25, 0.3) is 0 Å². The fourth-order valence-corrected chi connectivity index (χ4v) is 4.04. The molecule has 0 aromatic heterocycles. The van der Waals surface area contributed by atoms with Gasteiger partial charge < -0.3 is 5.32 Å². The van der Waals surface area contributed by atoms with Crippen molar-refractivity contribution in [1.29, 1.82) is 0 Å². The topological polar surface area (TPSA) is 49.4 Å². The van der Waals surface area contributed by atoms with E-state index in [9.17, 15) is 12.8 Å². The number of rotatable bonds is 3. The van der Waals surface area contributed by atoms with Gasteiger partial charge in [-0.15, -0.1) is 12.4 Å². The third kappa shape index (κ3) is 3.31. The molecule has 0 amide bonds. The third-order valence-electron chi connectivity index (χ3n) is 3.70. The van der Waals surface area contributed by atoms with Gasteiger partial charge in [0.05, 0.1) is 4.90 Å². The molecule has 0 aliphatic carbocycles. The van der Waals surface area contributed by atoms with E-state index in [-0.39, 0.29) is 28.9 Å². The summed E-state index contributed by atoms with van der Waals surface area (Å²) < 4.78 is 40.0. The number of nitrogens with zero attached hydrogens (tertiary/aromatic N) is 1. The minimum absolute atomic E-state index is 0. The zero-order valence-corrected chi connectivity index (χ0v) is 13.2. The molecule has 1 fully saturated rings. The van der Waals surface area contributed by atoms with E-state index in [2.05, 4.69) is 5.32 Å². The summed E-state index contributed by atoms with van der Waals surface area (Å²) in [7, 11) is -2.05. The summed E-state index contributed by atoms with van der Waals surface area (Å²) in [5.41, 5.74) is 0.184. The molecule has 2 rings (SSSR count). The predicted octanol–water partition coefficient (Wildman–Crippen LogP) is 1.93. The van der Waals surface area contributed by atoms with Crippen molar-refractivity contribution in [2.75, 3.05) is 20.1 Å². The molecule has 1 aromatic carbocycles. The van der Waals surface area contributed by atoms with Crippen molar-refractivity contribution in [3.05, 3.63) is 29.6 Å². The Kier molecular flexibility index (Phi) is 5.94. The van der Waals surface area contributed by atoms with Crippen LogP contribution in [0, 0.1) is 12.7 Å². The first-order chi connectivity index (χ1) is 8.94. The van der Waals surface area contributed by atoms with Gasteiger partial charge in [0.2, 0.25) is 10.0 Å². The van der Waals surface area contributed by atoms with E-state index in [1.807, 2.05) is 0 Å². The molecule has 114 valence electrons. The predicted molar refractivity (Wildman–Crippen MR) is 79.2 cm³/mol. The van der Waals surface area contributed by atoms with Crippen LogP contribution in [0.15, 0.2) is 23.1 Å². The van der Waals surface area contributed by atoms with Crippen LogP contribution in [0.2, 0.25) is 0 Å². The van der Waals surface area contributed by atoms with Crippen molar-refractivity contribution in [3.8, 4) is 0 Å². The average molecular weight is 323 g/mol. The van der Waals surface area contributed by atoms with Crippen LogP contribution in [0.1, 0.15) is 18.4 Å². The second-order valence-electron chi connectivity index (χ2n) is 4.87. The average Bonchev–Trinajstić information content (AvgIpc) is 2.41. The second-order valence-corrected chi connectivity index (χ2v) is 6.83. The van der Waals surface area contributed by atoms with Gasteiger partial charge in [-0.2, -0.15) is 4.31 Å². The monoisotopic (exact) mass is 322 g/mol. The molecular formula is C13H20ClFN2O2S. The van der Waals surface area contributed by atoms with Gasteiger partial charge in [-0.3, -0.25) is 0 Å². The summed E-state index contributed by atoms with van der Waals surface area (Å²) in [5, 5.41) is 3.20. The number of piperidine rings is 1. The number of halogens is 2. The third-order valence-corrected chi connectivity index (χ3v) is 5.75. The summed E-state index contributed by atoms with van der Waals surface area (Å²) in [5.74, 6) is -0.486. The van der Waals surface area contributed by atoms with Crippen LogP contribution in [0.5, 0.6) is 0 Å². The van der Waals surface area contributed by atoms with Gasteiger partial charge in [0.1, 0.15) is 5.82 Å². The van der Waals surface area contributed by atoms with Gasteiger partial charge in [-0.1, -0.05) is 6.07 Å². The lowest BCUT2D eigenvalue weighted by Crippen LogP contribution is -2.44. The highest BCUT2D eigenvalue weighted by atomic mass is 35.5. The summed E-state index contributed by atoms with van der Waals surface area (Å²) >= 11 is 0. The minimum Gasteiger partial charge on any atom is -0.317 e. The summed E-state index contributed by atoms with van der Waals surface area (Å²) in [6.45, 7) is 3.12. The van der Waals surface area contributed by atoms with Crippen molar-refractivity contribution in [1.82, 2.24) is 9.62 Å². The van der Waals surface area contributed by atoms with E-state index in [4.69, 9.17) is 0 Å². The van der Waals surface area contributed by atoms with Gasteiger partial charge in [-0.05, 0) is 45.0 Å². The highest BCUT2D eigenvalue weighted by molar-refractivity contribution is 7.89. The van der Waals surface area contributed by atoms with Crippen molar-refractivity contribution < 1.29 is 12.8 Å². The van der Waals surface area contributed by atoms with Crippen LogP contribution in [-0.4, -0.2) is 38.9 Å². The van der Waals surface area contributed by atoms with Crippen LogP contribution in [-0.2, 0) is 10.0 Å². The SMILES string of the molecule is Cc1c(F)cccc1S(=O)(=O)N(C)C1CCNCC1.Cl. The van der Waals surface area contributed by atoms with Crippen molar-refractivity contribution in [3.63, 3.8) is 0 Å². The molecule has 0 unspecified atom stereocenters. The molecule has 0 saturated carbocycles. The van der Waals surface area contributed by atoms with Gasteiger partial charge in [0.15, 0.2) is 0 Å². The van der Waals surface area contributed by atoms with E-state index < -0.39 is 15.8 Å². The fraction of sp³-hybridized carbons (Fsp3) is 0.538. The fourth-order valence-electron chi connectivity index (χ4n) is 2.39. The smallest absolute Gasteiger partial charge is 0.243 e. The Bertz CT molecular complexity index is 559. The van der Waals surface area contributed by atoms with E-state index in [1.54, 1.807) is 7.05 Å². The van der Waals surface area contributed by atoms with Crippen molar-refractivity contribution in [2.24, 2.45) is 0 Å². The number of benzene rings is 1. The van der Waals surface area contributed by atoms with Gasteiger partial charge in [-0.25, -0.2) is 12.8 Å². The van der Waals surface area contributed by atoms with Crippen LogP contribution in [0.25, 0.3) is 0 Å². The van der Waals surface area contributed by atoms with Crippen molar-refractivity contribution >= 4 is 22.4 Å². The highest BCUT2D eigenvalue weighted by Gasteiger charge is 2.30. The Morgan fingerprint density at radius 3 is 2.50 bits per heavy atom. The molecular weight excluding hydrogens is 303 g/mol. The number of sulfonamides is 1. The van der Waals surface area contributed by atoms with E-state index in [0.717, 1.165) is 25.9 Å². The van der Waals surface area contributed by atoms with E-state index in [1.165, 1.54) is 29.4 Å². The molecule has 0 radical (unpaired) electrons. The lowest BCUT2D eigenvalue weighted by molar-refractivity contribution is 0.296. The summed E-state index contributed by atoms with van der Waals surface area (Å²) in [6, 6.07) is 4.16. The molecule has 0 atom stereocenters. The summed E-state index contributed by atoms with van der Waals surface area (Å²) in [6.07, 6.45) is 1.56.